The predicted octanol–water partition coefficient (Wildman–Crippen LogP) is 3.81. The number of amides is 2. The molecule has 0 saturated carbocycles. The molecule has 0 spiro atoms. The van der Waals surface area contributed by atoms with Gasteiger partial charge in [-0.3, -0.25) is 10.2 Å². The zero-order valence-corrected chi connectivity index (χ0v) is 18.0. The van der Waals surface area contributed by atoms with E-state index < -0.39 is 23.4 Å². The average Bonchev–Trinajstić information content (AvgIpc) is 2.57. The number of rotatable bonds is 8. The maximum atomic E-state index is 12.2. The Hall–Kier alpha value is -2.84. The molecule has 0 saturated heterocycles. The number of aromatic nitrogens is 1. The number of alkyl carbamates (subject to hydrolysis) is 1. The number of ketones is 1. The summed E-state index contributed by atoms with van der Waals surface area (Å²) in [6.45, 7) is 11.1. The van der Waals surface area contributed by atoms with Crippen LogP contribution in [0, 0.1) is 0 Å². The third kappa shape index (κ3) is 11.6. The van der Waals surface area contributed by atoms with E-state index in [1.165, 1.54) is 6.20 Å². The third-order valence-electron chi connectivity index (χ3n) is 3.28. The number of pyridine rings is 1. The van der Waals surface area contributed by atoms with E-state index in [9.17, 15) is 14.4 Å². The van der Waals surface area contributed by atoms with Crippen LogP contribution in [0.1, 0.15) is 71.2 Å². The molecule has 1 heterocycles. The summed E-state index contributed by atoms with van der Waals surface area (Å²) >= 11 is 0. The second kappa shape index (κ2) is 10.6. The summed E-state index contributed by atoms with van der Waals surface area (Å²) in [5.41, 5.74) is 4.34. The molecule has 1 aromatic heterocycles. The van der Waals surface area contributed by atoms with Crippen molar-refractivity contribution in [2.24, 2.45) is 0 Å². The molecule has 0 aromatic carbocycles. The summed E-state index contributed by atoms with van der Waals surface area (Å²) in [6.07, 6.45) is 2.00. The highest BCUT2D eigenvalue weighted by molar-refractivity contribution is 5.95. The number of nitrogens with one attached hydrogen (secondary N) is 3. The Balaban J connectivity index is 2.30. The van der Waals surface area contributed by atoms with Gasteiger partial charge in [0.25, 0.3) is 0 Å². The van der Waals surface area contributed by atoms with Gasteiger partial charge in [-0.1, -0.05) is 0 Å². The lowest BCUT2D eigenvalue weighted by Crippen LogP contribution is -2.36. The maximum Gasteiger partial charge on any atom is 0.426 e. The van der Waals surface area contributed by atoms with Crippen LogP contribution in [0.15, 0.2) is 18.3 Å². The van der Waals surface area contributed by atoms with E-state index in [0.29, 0.717) is 37.2 Å². The molecular weight excluding hydrogens is 376 g/mol. The van der Waals surface area contributed by atoms with Crippen molar-refractivity contribution < 1.29 is 23.9 Å². The standard InChI is InChI=1S/C20H32N4O5/c1-19(2,3)28-17(26)21-12-8-7-9-15(25)14-10-11-16(22-13-14)23-24-18(27)29-20(4,5)6/h10-11,13H,7-9,12H2,1-6H3,(H,21,26)(H,22,23)(H,24,27). The van der Waals surface area contributed by atoms with Gasteiger partial charge < -0.3 is 14.8 Å². The summed E-state index contributed by atoms with van der Waals surface area (Å²) in [5.74, 6) is 0.343. The largest absolute Gasteiger partial charge is 0.444 e. The SMILES string of the molecule is CC(C)(C)OC(=O)NCCCCC(=O)c1ccc(NNC(=O)OC(C)(C)C)nc1. The quantitative estimate of drug-likeness (QED) is 0.340. The zero-order valence-electron chi connectivity index (χ0n) is 18.0. The van der Waals surface area contributed by atoms with E-state index in [1.807, 2.05) is 0 Å². The van der Waals surface area contributed by atoms with Gasteiger partial charge in [-0.2, -0.15) is 0 Å². The van der Waals surface area contributed by atoms with E-state index in [0.717, 1.165) is 0 Å². The highest BCUT2D eigenvalue weighted by Gasteiger charge is 2.16. The molecule has 2 amide bonds. The number of carbonyl (C=O) groups excluding carboxylic acids is 3. The molecule has 3 N–H and O–H groups in total. The number of hydrogen-bond donors (Lipinski definition) is 3. The Morgan fingerprint density at radius 1 is 0.931 bits per heavy atom. The zero-order chi connectivity index (χ0) is 22.1. The van der Waals surface area contributed by atoms with Crippen LogP contribution in [0.3, 0.4) is 0 Å². The first-order valence-corrected chi connectivity index (χ1v) is 9.57. The van der Waals surface area contributed by atoms with E-state index in [1.54, 1.807) is 53.7 Å². The molecule has 0 aliphatic heterocycles. The summed E-state index contributed by atoms with van der Waals surface area (Å²) in [7, 11) is 0. The summed E-state index contributed by atoms with van der Waals surface area (Å²) in [6, 6.07) is 3.22. The molecule has 0 fully saturated rings. The second-order valence-electron chi connectivity index (χ2n) is 8.49. The lowest BCUT2D eigenvalue weighted by Gasteiger charge is -2.19. The van der Waals surface area contributed by atoms with Crippen molar-refractivity contribution >= 4 is 23.8 Å². The Kier molecular flexibility index (Phi) is 8.87. The number of unbranched alkanes of at least 4 members (excludes halogenated alkanes) is 1. The number of ether oxygens (including phenoxy) is 2. The lowest BCUT2D eigenvalue weighted by molar-refractivity contribution is 0.0520. The molecule has 9 heteroatoms. The van der Waals surface area contributed by atoms with Gasteiger partial charge in [-0.15, -0.1) is 0 Å². The van der Waals surface area contributed by atoms with Crippen molar-refractivity contribution in [2.45, 2.75) is 72.0 Å². The molecule has 1 rings (SSSR count). The number of anilines is 1. The van der Waals surface area contributed by atoms with Gasteiger partial charge in [0.2, 0.25) is 0 Å². The maximum absolute atomic E-state index is 12.2. The topological polar surface area (TPSA) is 119 Å². The number of nitrogens with zero attached hydrogens (tertiary/aromatic N) is 1. The molecule has 162 valence electrons. The molecule has 29 heavy (non-hydrogen) atoms. The molecule has 9 nitrogen and oxygen atoms in total. The monoisotopic (exact) mass is 408 g/mol. The molecule has 0 atom stereocenters. The molecule has 0 unspecified atom stereocenters. The van der Waals surface area contributed by atoms with Crippen molar-refractivity contribution in [3.63, 3.8) is 0 Å². The second-order valence-corrected chi connectivity index (χ2v) is 8.49. The van der Waals surface area contributed by atoms with Crippen molar-refractivity contribution in [3.05, 3.63) is 23.9 Å². The number of hydrogen-bond acceptors (Lipinski definition) is 7. The van der Waals surface area contributed by atoms with E-state index in [4.69, 9.17) is 9.47 Å². The van der Waals surface area contributed by atoms with Crippen LogP contribution in [0.2, 0.25) is 0 Å². The minimum absolute atomic E-state index is 0.0404. The number of carbonyl (C=O) groups is 3. The van der Waals surface area contributed by atoms with Crippen LogP contribution in [-0.2, 0) is 9.47 Å². The van der Waals surface area contributed by atoms with Crippen LogP contribution < -0.4 is 16.2 Å². The number of hydrazine groups is 1. The van der Waals surface area contributed by atoms with Crippen molar-refractivity contribution in [2.75, 3.05) is 12.0 Å². The van der Waals surface area contributed by atoms with Crippen molar-refractivity contribution in [3.8, 4) is 0 Å². The smallest absolute Gasteiger partial charge is 0.426 e. The minimum Gasteiger partial charge on any atom is -0.444 e. The van der Waals surface area contributed by atoms with Gasteiger partial charge >= 0.3 is 12.2 Å². The fourth-order valence-corrected chi connectivity index (χ4v) is 2.11. The van der Waals surface area contributed by atoms with Crippen molar-refractivity contribution in [1.82, 2.24) is 15.7 Å². The van der Waals surface area contributed by atoms with Gasteiger partial charge in [0.1, 0.15) is 17.0 Å². The molecule has 1 aromatic rings. The minimum atomic E-state index is -0.626. The fraction of sp³-hybridized carbons (Fsp3) is 0.600. The molecule has 0 aliphatic rings. The van der Waals surface area contributed by atoms with Crippen LogP contribution >= 0.6 is 0 Å². The van der Waals surface area contributed by atoms with Gasteiger partial charge in [-0.05, 0) is 66.5 Å². The third-order valence-corrected chi connectivity index (χ3v) is 3.28. The first-order chi connectivity index (χ1) is 13.4. The molecule has 0 radical (unpaired) electrons. The molecule has 0 bridgehead atoms. The Bertz CT molecular complexity index is 690. The fourth-order valence-electron chi connectivity index (χ4n) is 2.11. The predicted molar refractivity (Wildman–Crippen MR) is 110 cm³/mol. The highest BCUT2D eigenvalue weighted by Crippen LogP contribution is 2.10. The van der Waals surface area contributed by atoms with E-state index >= 15 is 0 Å². The Labute approximate surface area is 171 Å². The van der Waals surface area contributed by atoms with Crippen LogP contribution in [0.5, 0.6) is 0 Å². The van der Waals surface area contributed by atoms with Crippen LogP contribution in [-0.4, -0.2) is 40.7 Å². The van der Waals surface area contributed by atoms with E-state index in [-0.39, 0.29) is 5.78 Å². The van der Waals surface area contributed by atoms with Crippen molar-refractivity contribution in [1.29, 1.82) is 0 Å². The van der Waals surface area contributed by atoms with Gasteiger partial charge in [0.05, 0.1) is 0 Å². The van der Waals surface area contributed by atoms with Gasteiger partial charge in [-0.25, -0.2) is 20.0 Å². The lowest BCUT2D eigenvalue weighted by atomic mass is 10.1. The number of Topliss-reactive ketones (excluding diaryl/α,β-unsaturated/α-hetero) is 1. The normalized spacial score (nSPS) is 11.4. The summed E-state index contributed by atoms with van der Waals surface area (Å²) < 4.78 is 10.2. The highest BCUT2D eigenvalue weighted by atomic mass is 16.6. The average molecular weight is 408 g/mol. The first kappa shape index (κ1) is 24.2. The summed E-state index contributed by atoms with van der Waals surface area (Å²) in [5, 5.41) is 2.66. The van der Waals surface area contributed by atoms with Gasteiger partial charge in [0.15, 0.2) is 5.78 Å². The van der Waals surface area contributed by atoms with E-state index in [2.05, 4.69) is 21.2 Å². The first-order valence-electron chi connectivity index (χ1n) is 9.57. The van der Waals surface area contributed by atoms with Crippen LogP contribution in [0.4, 0.5) is 15.4 Å². The Morgan fingerprint density at radius 2 is 1.55 bits per heavy atom. The summed E-state index contributed by atoms with van der Waals surface area (Å²) in [4.78, 5) is 39.4. The molecule has 0 aliphatic carbocycles. The molecular formula is C20H32N4O5. The van der Waals surface area contributed by atoms with Crippen LogP contribution in [0.25, 0.3) is 0 Å². The Morgan fingerprint density at radius 3 is 2.10 bits per heavy atom. The van der Waals surface area contributed by atoms with Gasteiger partial charge in [0, 0.05) is 24.7 Å².